The number of aliphatic hydroxyl groups is 2. The molecule has 1 saturated carbocycles. The van der Waals surface area contributed by atoms with Gasteiger partial charge in [0.15, 0.2) is 0 Å². The predicted octanol–water partition coefficient (Wildman–Crippen LogP) is 3.96. The number of sulfonamides is 1. The summed E-state index contributed by atoms with van der Waals surface area (Å²) in [5.41, 5.74) is 0.513. The van der Waals surface area contributed by atoms with Gasteiger partial charge in [-0.25, -0.2) is 27.8 Å². The third-order valence-electron chi connectivity index (χ3n) is 9.60. The minimum Gasteiger partial charge on any atom is -0.443 e. The molecule has 54 heavy (non-hydrogen) atoms. The summed E-state index contributed by atoms with van der Waals surface area (Å²) in [5.74, 6) is -0.411. The Hall–Kier alpha value is -3.37. The van der Waals surface area contributed by atoms with Gasteiger partial charge in [-0.05, 0) is 79.0 Å². The lowest BCUT2D eigenvalue weighted by Gasteiger charge is -2.35. The number of nitrogens with zero attached hydrogens (tertiary/aromatic N) is 2. The highest BCUT2D eigenvalue weighted by molar-refractivity contribution is 7.90. The molecule has 0 radical (unpaired) electrons. The van der Waals surface area contributed by atoms with Crippen LogP contribution in [0.5, 0.6) is 0 Å². The highest BCUT2D eigenvalue weighted by Gasteiger charge is 2.40. The predicted molar refractivity (Wildman–Crippen MR) is 208 cm³/mol. The van der Waals surface area contributed by atoms with Crippen molar-refractivity contribution in [2.45, 2.75) is 147 Å². The van der Waals surface area contributed by atoms with Gasteiger partial charge in [-0.15, -0.1) is 0 Å². The number of hydrogen-bond donors (Lipinski definition) is 6. The second-order valence-corrected chi connectivity index (χ2v) is 18.1. The molecule has 0 aliphatic heterocycles. The molecule has 1 heterocycles. The van der Waals surface area contributed by atoms with Gasteiger partial charge in [0.1, 0.15) is 17.5 Å². The Morgan fingerprint density at radius 3 is 2.37 bits per heavy atom. The maximum absolute atomic E-state index is 14.6. The van der Waals surface area contributed by atoms with Crippen LogP contribution < -0.4 is 15.4 Å². The number of imide groups is 1. The van der Waals surface area contributed by atoms with Crippen LogP contribution in [0.15, 0.2) is 36.5 Å². The Morgan fingerprint density at radius 1 is 1.06 bits per heavy atom. The Kier molecular flexibility index (Phi) is 18.1. The monoisotopic (exact) mass is 776 g/mol. The molecule has 1 aromatic carbocycles. The van der Waals surface area contributed by atoms with E-state index in [-0.39, 0.29) is 31.7 Å². The Labute approximate surface area is 321 Å². The minimum absolute atomic E-state index is 0.00285. The molecule has 1 aromatic heterocycles. The Morgan fingerprint density at radius 2 is 1.74 bits per heavy atom. The summed E-state index contributed by atoms with van der Waals surface area (Å²) >= 11 is 0. The molecule has 3 amide bonds. The van der Waals surface area contributed by atoms with E-state index < -0.39 is 63.1 Å². The van der Waals surface area contributed by atoms with Gasteiger partial charge in [0.25, 0.3) is 0 Å². The highest BCUT2D eigenvalue weighted by atomic mass is 32.2. The summed E-state index contributed by atoms with van der Waals surface area (Å²) < 4.78 is 32.7. The van der Waals surface area contributed by atoms with Gasteiger partial charge in [-0.2, -0.15) is 0 Å². The van der Waals surface area contributed by atoms with Crippen molar-refractivity contribution in [1.82, 2.24) is 30.2 Å². The largest absolute Gasteiger partial charge is 0.443 e. The van der Waals surface area contributed by atoms with Gasteiger partial charge < -0.3 is 30.6 Å². The van der Waals surface area contributed by atoms with Crippen molar-refractivity contribution in [3.05, 3.63) is 53.6 Å². The van der Waals surface area contributed by atoms with Gasteiger partial charge in [0.05, 0.1) is 29.2 Å². The summed E-state index contributed by atoms with van der Waals surface area (Å²) in [6.07, 6.45) is 4.86. The number of aromatic amines is 1. The molecule has 3 rings (SSSR count). The van der Waals surface area contributed by atoms with E-state index in [0.717, 1.165) is 42.6 Å². The van der Waals surface area contributed by atoms with Crippen molar-refractivity contribution >= 4 is 27.9 Å². The van der Waals surface area contributed by atoms with Crippen molar-refractivity contribution in [1.29, 1.82) is 0 Å². The molecule has 1 aliphatic rings. The number of hydrogen-bond acceptors (Lipinski definition) is 10. The number of unbranched alkanes of at least 4 members (excludes halogenated alkanes) is 1. The zero-order valence-electron chi connectivity index (χ0n) is 33.0. The fourth-order valence-corrected chi connectivity index (χ4v) is 7.34. The molecule has 0 bridgehead atoms. The Bertz CT molecular complexity index is 1560. The van der Waals surface area contributed by atoms with Crippen LogP contribution in [0.1, 0.15) is 116 Å². The van der Waals surface area contributed by atoms with E-state index in [1.807, 2.05) is 37.4 Å². The first kappa shape index (κ1) is 45.0. The van der Waals surface area contributed by atoms with Crippen LogP contribution in [0.4, 0.5) is 4.79 Å². The molecule has 4 atom stereocenters. The lowest BCUT2D eigenvalue weighted by Crippen LogP contribution is -2.57. The summed E-state index contributed by atoms with van der Waals surface area (Å²) in [7, 11) is -1.84. The maximum atomic E-state index is 14.6. The van der Waals surface area contributed by atoms with E-state index in [1.165, 1.54) is 13.8 Å². The number of aliphatic hydroxyl groups excluding tert-OH is 2. The van der Waals surface area contributed by atoms with Crippen LogP contribution in [0.2, 0.25) is 0 Å². The fraction of sp³-hybridized carbons (Fsp3) is 0.692. The highest BCUT2D eigenvalue weighted by Crippen LogP contribution is 2.29. The fourth-order valence-electron chi connectivity index (χ4n) is 6.58. The number of aromatic nitrogens is 2. The molecule has 0 saturated heterocycles. The molecule has 6 N–H and O–H groups in total. The van der Waals surface area contributed by atoms with Crippen molar-refractivity contribution in [3.63, 3.8) is 0 Å². The number of ether oxygens (including phenoxy) is 1. The van der Waals surface area contributed by atoms with Crippen LogP contribution in [0, 0.1) is 5.92 Å². The Balaban J connectivity index is 1.96. The van der Waals surface area contributed by atoms with Gasteiger partial charge in [-0.1, -0.05) is 62.4 Å². The third-order valence-corrected chi connectivity index (χ3v) is 11.4. The van der Waals surface area contributed by atoms with Gasteiger partial charge in [0, 0.05) is 38.4 Å². The first-order valence-corrected chi connectivity index (χ1v) is 20.9. The zero-order chi connectivity index (χ0) is 39.9. The maximum Gasteiger partial charge on any atom is 0.417 e. The van der Waals surface area contributed by atoms with E-state index in [0.29, 0.717) is 43.7 Å². The minimum atomic E-state index is -3.65. The van der Waals surface area contributed by atoms with Gasteiger partial charge in [-0.3, -0.25) is 9.59 Å². The first-order chi connectivity index (χ1) is 25.5. The molecule has 1 fully saturated rings. The summed E-state index contributed by atoms with van der Waals surface area (Å²) in [6, 6.07) is 7.50. The van der Waals surface area contributed by atoms with Crippen molar-refractivity contribution in [2.24, 2.45) is 5.92 Å². The smallest absolute Gasteiger partial charge is 0.417 e. The quantitative estimate of drug-likeness (QED) is 0.101. The zero-order valence-corrected chi connectivity index (χ0v) is 33.8. The average molecular weight is 777 g/mol. The number of H-pyrrole nitrogens is 1. The molecule has 304 valence electrons. The summed E-state index contributed by atoms with van der Waals surface area (Å²) in [5, 5.41) is 27.7. The van der Waals surface area contributed by atoms with Gasteiger partial charge in [0.2, 0.25) is 21.8 Å². The van der Waals surface area contributed by atoms with Crippen LogP contribution in [0.3, 0.4) is 0 Å². The number of carbonyl (C=O) groups is 3. The lowest BCUT2D eigenvalue weighted by atomic mass is 9.83. The number of nitrogens with one attached hydrogen (secondary N) is 4. The second kappa shape index (κ2) is 21.6. The average Bonchev–Trinajstić information content (AvgIpc) is 3.55. The second-order valence-electron chi connectivity index (χ2n) is 15.8. The molecule has 2 aromatic rings. The van der Waals surface area contributed by atoms with Gasteiger partial charge >= 0.3 is 6.09 Å². The number of imidazole rings is 1. The van der Waals surface area contributed by atoms with E-state index in [1.54, 1.807) is 27.0 Å². The van der Waals surface area contributed by atoms with E-state index >= 15 is 0 Å². The molecular weight excluding hydrogens is 713 g/mol. The van der Waals surface area contributed by atoms with Crippen LogP contribution >= 0.6 is 0 Å². The topological polar surface area (TPSA) is 203 Å². The summed E-state index contributed by atoms with van der Waals surface area (Å²) in [4.78, 5) is 51.2. The van der Waals surface area contributed by atoms with Crippen molar-refractivity contribution in [3.8, 4) is 0 Å². The SMILES string of the molecule is CNCCCCC(=O)N(C(=O)OC(C)(C)C)C(Cc1c[nH]c(Cc2ccccc2)n1)C(=O)N[C@@H](CC1CCCCC1)[C@@H](O)C[C@@H](O)CNS(=O)(=O)C(C)C. The van der Waals surface area contributed by atoms with Crippen LogP contribution in [-0.2, 0) is 37.2 Å². The van der Waals surface area contributed by atoms with Crippen LogP contribution in [-0.4, -0.2) is 107 Å². The van der Waals surface area contributed by atoms with Crippen molar-refractivity contribution in [2.75, 3.05) is 20.1 Å². The van der Waals surface area contributed by atoms with E-state index in [2.05, 4.69) is 20.3 Å². The molecule has 14 nitrogen and oxygen atoms in total. The molecule has 1 aliphatic carbocycles. The van der Waals surface area contributed by atoms with Crippen LogP contribution in [0.25, 0.3) is 0 Å². The molecular formula is C39H64N6O8S. The van der Waals surface area contributed by atoms with Crippen molar-refractivity contribution < 1.29 is 37.8 Å². The molecule has 1 unspecified atom stereocenters. The number of benzene rings is 1. The summed E-state index contributed by atoms with van der Waals surface area (Å²) in [6.45, 7) is 8.47. The normalized spacial score (nSPS) is 16.4. The third kappa shape index (κ3) is 15.4. The standard InChI is InChI=1S/C39H64N6O8S/c1-27(2)54(51,52)42-26-31(46)24-34(47)32(21-28-15-9-7-10-16-28)44-37(49)33(23-30-25-41-35(43-30)22-29-17-11-8-12-18-29)45(38(50)53-39(3,4)5)36(48)19-13-14-20-40-6/h8,11-12,17-18,25,27-28,31-34,40,42,46-47H,7,9-10,13-16,19-24,26H2,1-6H3,(H,41,43)(H,44,49)/t31-,32+,33?,34+/m1/s1. The first-order valence-electron chi connectivity index (χ1n) is 19.4. The number of carbonyl (C=O) groups excluding carboxylic acids is 3. The number of amides is 3. The number of rotatable bonds is 21. The van der Waals surface area contributed by atoms with E-state index in [4.69, 9.17) is 9.72 Å². The molecule has 15 heteroatoms. The van der Waals surface area contributed by atoms with E-state index in [9.17, 15) is 33.0 Å². The lowest BCUT2D eigenvalue weighted by molar-refractivity contribution is -0.140. The molecule has 0 spiro atoms.